The van der Waals surface area contributed by atoms with Crippen molar-refractivity contribution in [3.05, 3.63) is 182 Å². The fourth-order valence-electron chi connectivity index (χ4n) is 7.20. The van der Waals surface area contributed by atoms with Gasteiger partial charge in [-0.25, -0.2) is 4.98 Å². The number of aromatic nitrogens is 2. The summed E-state index contributed by atoms with van der Waals surface area (Å²) in [7, 11) is 0. The Bertz CT molecular complexity index is 2210. The predicted molar refractivity (Wildman–Crippen MR) is 191 cm³/mol. The third-order valence-corrected chi connectivity index (χ3v) is 9.34. The number of rotatable bonds is 5. The minimum atomic E-state index is 0.199. The third-order valence-electron chi connectivity index (χ3n) is 9.34. The summed E-state index contributed by atoms with van der Waals surface area (Å²) in [6.07, 6.45) is 11.3. The van der Waals surface area contributed by atoms with E-state index in [9.17, 15) is 0 Å². The van der Waals surface area contributed by atoms with E-state index in [2.05, 4.69) is 186 Å². The van der Waals surface area contributed by atoms with Crippen molar-refractivity contribution in [3.8, 4) is 39.3 Å². The van der Waals surface area contributed by atoms with Crippen molar-refractivity contribution in [1.82, 2.24) is 9.55 Å². The van der Waals surface area contributed by atoms with E-state index in [1.165, 1.54) is 39.1 Å². The van der Waals surface area contributed by atoms with Crippen LogP contribution in [-0.4, -0.2) is 15.6 Å². The van der Waals surface area contributed by atoms with Gasteiger partial charge < -0.3 is 9.47 Å². The average molecular weight is 590 g/mol. The van der Waals surface area contributed by atoms with E-state index < -0.39 is 0 Å². The molecule has 46 heavy (non-hydrogen) atoms. The first-order valence-corrected chi connectivity index (χ1v) is 15.9. The molecular weight excluding hydrogens is 558 g/mol. The molecule has 1 aliphatic carbocycles. The lowest BCUT2D eigenvalue weighted by Gasteiger charge is -2.29. The van der Waals surface area contributed by atoms with E-state index in [4.69, 9.17) is 4.98 Å². The van der Waals surface area contributed by atoms with Crippen LogP contribution in [0.3, 0.4) is 0 Å². The Hall–Kier alpha value is -5.93. The molecule has 2 unspecified atom stereocenters. The third kappa shape index (κ3) is 4.40. The van der Waals surface area contributed by atoms with Gasteiger partial charge in [0.25, 0.3) is 0 Å². The van der Waals surface area contributed by atoms with E-state index in [0.29, 0.717) is 0 Å². The van der Waals surface area contributed by atoms with Crippen LogP contribution >= 0.6 is 0 Å². The monoisotopic (exact) mass is 589 g/mol. The second-order valence-electron chi connectivity index (χ2n) is 12.0. The van der Waals surface area contributed by atoms with Gasteiger partial charge in [0.2, 0.25) is 0 Å². The Morgan fingerprint density at radius 3 is 1.93 bits per heavy atom. The molecule has 3 nitrogen and oxygen atoms in total. The number of anilines is 2. The average Bonchev–Trinajstić information content (AvgIpc) is 3.72. The van der Waals surface area contributed by atoms with Gasteiger partial charge in [-0.3, -0.25) is 0 Å². The highest BCUT2D eigenvalue weighted by Crippen LogP contribution is 2.51. The Balaban J connectivity index is 1.20. The largest absolute Gasteiger partial charge is 0.333 e. The van der Waals surface area contributed by atoms with E-state index in [1.807, 2.05) is 0 Å². The van der Waals surface area contributed by atoms with Crippen molar-refractivity contribution in [3.63, 3.8) is 0 Å². The maximum absolute atomic E-state index is 5.23. The van der Waals surface area contributed by atoms with Crippen LogP contribution in [0.4, 0.5) is 11.4 Å². The molecule has 0 bridgehead atoms. The molecule has 5 aromatic carbocycles. The number of fused-ring (bicyclic) bond motifs is 5. The Labute approximate surface area is 269 Å². The summed E-state index contributed by atoms with van der Waals surface area (Å²) in [5.41, 5.74) is 12.7. The highest BCUT2D eigenvalue weighted by Gasteiger charge is 2.39. The zero-order valence-corrected chi connectivity index (χ0v) is 25.2. The Morgan fingerprint density at radius 1 is 0.500 bits per heavy atom. The molecule has 3 heteroatoms. The Kier molecular flexibility index (Phi) is 6.27. The number of hydrogen-bond acceptors (Lipinski definition) is 2. The lowest BCUT2D eigenvalue weighted by Crippen LogP contribution is -2.28. The van der Waals surface area contributed by atoms with Crippen LogP contribution < -0.4 is 4.90 Å². The molecular formula is C43H31N3. The second kappa shape index (κ2) is 10.9. The van der Waals surface area contributed by atoms with Gasteiger partial charge >= 0.3 is 0 Å². The van der Waals surface area contributed by atoms with Gasteiger partial charge in [0, 0.05) is 40.0 Å². The topological polar surface area (TPSA) is 21.1 Å². The van der Waals surface area contributed by atoms with Crippen LogP contribution in [0.15, 0.2) is 176 Å². The van der Waals surface area contributed by atoms with E-state index >= 15 is 0 Å². The molecule has 0 spiro atoms. The maximum atomic E-state index is 5.23. The van der Waals surface area contributed by atoms with Gasteiger partial charge in [0.15, 0.2) is 0 Å². The van der Waals surface area contributed by atoms with E-state index in [1.54, 1.807) is 0 Å². The van der Waals surface area contributed by atoms with Gasteiger partial charge in [-0.1, -0.05) is 121 Å². The van der Waals surface area contributed by atoms with Crippen molar-refractivity contribution in [1.29, 1.82) is 0 Å². The van der Waals surface area contributed by atoms with Gasteiger partial charge in [-0.05, 0) is 65.2 Å². The number of pyridine rings is 1. The number of allylic oxidation sites excluding steroid dienone is 2. The molecule has 0 amide bonds. The van der Waals surface area contributed by atoms with Gasteiger partial charge in [0.1, 0.15) is 0 Å². The molecule has 3 heterocycles. The predicted octanol–water partition coefficient (Wildman–Crippen LogP) is 10.8. The molecule has 7 aromatic rings. The molecule has 0 saturated carbocycles. The standard InChI is InChI=1S/C43H31N3/c1-4-13-30(14-5-1)33-28-39(31-15-6-2-7-16-31)44-40(29-33)32-17-12-20-35(27-32)46-42-22-11-10-21-36(42)37-23-24-41-38(43(37)46)25-26-45(41)34-18-8-3-9-19-34/h1-29,36,42H. The van der Waals surface area contributed by atoms with E-state index in [0.717, 1.165) is 28.1 Å². The van der Waals surface area contributed by atoms with Crippen molar-refractivity contribution >= 4 is 22.3 Å². The minimum absolute atomic E-state index is 0.199. The van der Waals surface area contributed by atoms with Crippen molar-refractivity contribution in [2.75, 3.05) is 4.90 Å². The van der Waals surface area contributed by atoms with Crippen LogP contribution in [0, 0.1) is 0 Å². The highest BCUT2D eigenvalue weighted by molar-refractivity contribution is 6.00. The quantitative estimate of drug-likeness (QED) is 0.199. The molecule has 9 rings (SSSR count). The maximum Gasteiger partial charge on any atom is 0.0716 e. The van der Waals surface area contributed by atoms with Crippen LogP contribution in [0.1, 0.15) is 11.5 Å². The lowest BCUT2D eigenvalue weighted by atomic mass is 9.91. The zero-order chi connectivity index (χ0) is 30.5. The summed E-state index contributed by atoms with van der Waals surface area (Å²) >= 11 is 0. The summed E-state index contributed by atoms with van der Waals surface area (Å²) < 4.78 is 2.29. The molecule has 2 atom stereocenters. The first kappa shape index (κ1) is 26.5. The van der Waals surface area contributed by atoms with E-state index in [-0.39, 0.29) is 12.0 Å². The molecule has 218 valence electrons. The normalized spacial score (nSPS) is 16.5. The molecule has 2 aromatic heterocycles. The molecule has 2 aliphatic rings. The van der Waals surface area contributed by atoms with Crippen molar-refractivity contribution in [2.45, 2.75) is 12.0 Å². The smallest absolute Gasteiger partial charge is 0.0716 e. The molecule has 0 radical (unpaired) electrons. The summed E-state index contributed by atoms with van der Waals surface area (Å²) in [6.45, 7) is 0. The summed E-state index contributed by atoms with van der Waals surface area (Å²) in [6, 6.07) is 52.1. The number of benzene rings is 5. The van der Waals surface area contributed by atoms with Gasteiger partial charge in [-0.2, -0.15) is 0 Å². The fraction of sp³-hybridized carbons (Fsp3) is 0.0465. The number of nitrogens with zero attached hydrogens (tertiary/aromatic N) is 3. The van der Waals surface area contributed by atoms with Crippen LogP contribution in [0.25, 0.3) is 50.2 Å². The SMILES string of the molecule is C1=CC2c3ccc4c(ccn4-c4ccccc4)c3N(c3cccc(-c4cc(-c5ccccc5)cc(-c5ccccc5)n4)c3)C2C=C1. The molecule has 0 saturated heterocycles. The van der Waals surface area contributed by atoms with Gasteiger partial charge in [-0.15, -0.1) is 0 Å². The van der Waals surface area contributed by atoms with Crippen molar-refractivity contribution < 1.29 is 0 Å². The van der Waals surface area contributed by atoms with Crippen LogP contribution in [0.5, 0.6) is 0 Å². The zero-order valence-electron chi connectivity index (χ0n) is 25.2. The first-order valence-electron chi connectivity index (χ1n) is 15.9. The molecule has 0 fully saturated rings. The summed E-state index contributed by atoms with van der Waals surface area (Å²) in [5, 5.41) is 1.26. The highest BCUT2D eigenvalue weighted by atomic mass is 15.2. The number of hydrogen-bond donors (Lipinski definition) is 0. The minimum Gasteiger partial charge on any atom is -0.333 e. The summed E-state index contributed by atoms with van der Waals surface area (Å²) in [4.78, 5) is 7.77. The van der Waals surface area contributed by atoms with Crippen molar-refractivity contribution in [2.24, 2.45) is 0 Å². The number of para-hydroxylation sites is 1. The fourth-order valence-corrected chi connectivity index (χ4v) is 7.20. The summed E-state index contributed by atoms with van der Waals surface area (Å²) in [5.74, 6) is 0.289. The molecule has 1 aliphatic heterocycles. The molecule has 0 N–H and O–H groups in total. The Morgan fingerprint density at radius 2 is 1.15 bits per heavy atom. The van der Waals surface area contributed by atoms with Gasteiger partial charge in [0.05, 0.1) is 28.6 Å². The van der Waals surface area contributed by atoms with Crippen LogP contribution in [0.2, 0.25) is 0 Å². The van der Waals surface area contributed by atoms with Crippen LogP contribution in [-0.2, 0) is 0 Å². The lowest BCUT2D eigenvalue weighted by molar-refractivity contribution is 0.745. The second-order valence-corrected chi connectivity index (χ2v) is 12.0. The first-order chi connectivity index (χ1) is 22.8.